The summed E-state index contributed by atoms with van der Waals surface area (Å²) in [6, 6.07) is 6.56. The number of pyridine rings is 1. The number of halogens is 1. The molecule has 2 aromatic rings. The first-order chi connectivity index (χ1) is 8.93. The highest BCUT2D eigenvalue weighted by atomic mass is 35.5. The normalized spacial score (nSPS) is 19.9. The molecule has 3 heterocycles. The highest BCUT2D eigenvalue weighted by molar-refractivity contribution is 5.85. The number of piperazine rings is 1. The van der Waals surface area contributed by atoms with Crippen molar-refractivity contribution in [3.05, 3.63) is 48.0 Å². The third-order valence-electron chi connectivity index (χ3n) is 3.36. The molecule has 1 aliphatic rings. The van der Waals surface area contributed by atoms with E-state index in [9.17, 15) is 0 Å². The molecule has 1 aliphatic heterocycles. The average Bonchev–Trinajstić information content (AvgIpc) is 2.93. The maximum absolute atomic E-state index is 4.22. The van der Waals surface area contributed by atoms with E-state index in [0.717, 1.165) is 31.9 Å². The molecular formula is C13H18ClN5. The largest absolute Gasteiger partial charge is 0.314 e. The number of aromatic amines is 1. The van der Waals surface area contributed by atoms with Crippen LogP contribution in [0.1, 0.15) is 17.3 Å². The van der Waals surface area contributed by atoms with Gasteiger partial charge in [-0.1, -0.05) is 6.07 Å². The first-order valence-electron chi connectivity index (χ1n) is 6.26. The number of hydrogen-bond acceptors (Lipinski definition) is 4. The zero-order valence-electron chi connectivity index (χ0n) is 10.6. The Morgan fingerprint density at radius 2 is 2.26 bits per heavy atom. The Hall–Kier alpha value is -1.43. The molecule has 0 aliphatic carbocycles. The number of aromatic nitrogens is 3. The van der Waals surface area contributed by atoms with E-state index in [-0.39, 0.29) is 12.4 Å². The number of nitrogens with zero attached hydrogens (tertiary/aromatic N) is 3. The fraction of sp³-hybridized carbons (Fsp3) is 0.385. The SMILES string of the molecule is Cl.c1cncc(C2CNCCN2Cc2ccn[nH]2)c1. The Labute approximate surface area is 118 Å². The first kappa shape index (κ1) is 14.0. The lowest BCUT2D eigenvalue weighted by molar-refractivity contribution is 0.151. The van der Waals surface area contributed by atoms with Crippen LogP contribution in [0.2, 0.25) is 0 Å². The summed E-state index contributed by atoms with van der Waals surface area (Å²) in [5.74, 6) is 0. The zero-order valence-corrected chi connectivity index (χ0v) is 11.4. The number of nitrogens with one attached hydrogen (secondary N) is 2. The minimum Gasteiger partial charge on any atom is -0.314 e. The second-order valence-corrected chi connectivity index (χ2v) is 4.56. The van der Waals surface area contributed by atoms with Gasteiger partial charge in [0, 0.05) is 56.5 Å². The molecule has 2 N–H and O–H groups in total. The van der Waals surface area contributed by atoms with Crippen molar-refractivity contribution in [3.8, 4) is 0 Å². The fourth-order valence-corrected chi connectivity index (χ4v) is 2.43. The summed E-state index contributed by atoms with van der Waals surface area (Å²) in [4.78, 5) is 6.68. The van der Waals surface area contributed by atoms with Crippen molar-refractivity contribution < 1.29 is 0 Å². The van der Waals surface area contributed by atoms with Gasteiger partial charge in [0.1, 0.15) is 0 Å². The number of rotatable bonds is 3. The highest BCUT2D eigenvalue weighted by Gasteiger charge is 2.24. The maximum atomic E-state index is 4.22. The predicted octanol–water partition coefficient (Wildman–Crippen LogP) is 1.37. The van der Waals surface area contributed by atoms with Gasteiger partial charge in [-0.2, -0.15) is 5.10 Å². The van der Waals surface area contributed by atoms with Gasteiger partial charge in [-0.05, 0) is 17.7 Å². The molecule has 0 radical (unpaired) electrons. The molecule has 1 fully saturated rings. The third-order valence-corrected chi connectivity index (χ3v) is 3.36. The lowest BCUT2D eigenvalue weighted by Gasteiger charge is -2.35. The highest BCUT2D eigenvalue weighted by Crippen LogP contribution is 2.22. The van der Waals surface area contributed by atoms with Crippen LogP contribution in [-0.4, -0.2) is 39.7 Å². The summed E-state index contributed by atoms with van der Waals surface area (Å²) in [6.45, 7) is 3.95. The standard InChI is InChI=1S/C13H17N5.ClH/c1-2-11(8-14-4-1)13-9-15-6-7-18(13)10-12-3-5-16-17-12;/h1-5,8,13,15H,6-7,9-10H2,(H,16,17);1H. The van der Waals surface area contributed by atoms with Crippen molar-refractivity contribution >= 4 is 12.4 Å². The molecule has 1 unspecified atom stereocenters. The Balaban J connectivity index is 0.00000133. The van der Waals surface area contributed by atoms with Crippen LogP contribution in [0.5, 0.6) is 0 Å². The summed E-state index contributed by atoms with van der Waals surface area (Å²) in [5.41, 5.74) is 2.43. The van der Waals surface area contributed by atoms with Crippen molar-refractivity contribution in [3.63, 3.8) is 0 Å². The van der Waals surface area contributed by atoms with Gasteiger partial charge in [-0.15, -0.1) is 12.4 Å². The van der Waals surface area contributed by atoms with Gasteiger partial charge in [0.2, 0.25) is 0 Å². The van der Waals surface area contributed by atoms with Gasteiger partial charge in [-0.25, -0.2) is 0 Å². The average molecular weight is 280 g/mol. The number of H-pyrrole nitrogens is 1. The van der Waals surface area contributed by atoms with Gasteiger partial charge >= 0.3 is 0 Å². The van der Waals surface area contributed by atoms with Gasteiger partial charge in [0.25, 0.3) is 0 Å². The lowest BCUT2D eigenvalue weighted by Crippen LogP contribution is -2.45. The molecule has 5 nitrogen and oxygen atoms in total. The van der Waals surface area contributed by atoms with Crippen molar-refractivity contribution in [1.82, 2.24) is 25.4 Å². The van der Waals surface area contributed by atoms with E-state index in [1.54, 1.807) is 6.20 Å². The molecule has 2 aromatic heterocycles. The molecule has 1 saturated heterocycles. The maximum Gasteiger partial charge on any atom is 0.0492 e. The minimum absolute atomic E-state index is 0. The quantitative estimate of drug-likeness (QED) is 0.891. The minimum atomic E-state index is 0. The molecule has 3 rings (SSSR count). The van der Waals surface area contributed by atoms with Gasteiger partial charge in [-0.3, -0.25) is 15.0 Å². The van der Waals surface area contributed by atoms with Crippen LogP contribution in [-0.2, 0) is 6.54 Å². The van der Waals surface area contributed by atoms with Gasteiger partial charge < -0.3 is 5.32 Å². The molecule has 102 valence electrons. The Morgan fingerprint density at radius 1 is 1.32 bits per heavy atom. The molecule has 0 aromatic carbocycles. The summed E-state index contributed by atoms with van der Waals surface area (Å²) >= 11 is 0. The molecule has 0 saturated carbocycles. The summed E-state index contributed by atoms with van der Waals surface area (Å²) in [6.07, 6.45) is 5.58. The molecular weight excluding hydrogens is 262 g/mol. The van der Waals surface area contributed by atoms with Gasteiger partial charge in [0.15, 0.2) is 0 Å². The second-order valence-electron chi connectivity index (χ2n) is 4.56. The zero-order chi connectivity index (χ0) is 12.2. The van der Waals surface area contributed by atoms with E-state index >= 15 is 0 Å². The Kier molecular flexibility index (Phi) is 4.90. The fourth-order valence-electron chi connectivity index (χ4n) is 2.43. The van der Waals surface area contributed by atoms with Crippen LogP contribution >= 0.6 is 12.4 Å². The van der Waals surface area contributed by atoms with Crippen molar-refractivity contribution in [2.45, 2.75) is 12.6 Å². The van der Waals surface area contributed by atoms with E-state index < -0.39 is 0 Å². The van der Waals surface area contributed by atoms with Crippen molar-refractivity contribution in [1.29, 1.82) is 0 Å². The summed E-state index contributed by atoms with van der Waals surface area (Å²) in [7, 11) is 0. The van der Waals surface area contributed by atoms with E-state index in [1.165, 1.54) is 5.56 Å². The lowest BCUT2D eigenvalue weighted by atomic mass is 10.1. The molecule has 6 heteroatoms. The second kappa shape index (κ2) is 6.65. The van der Waals surface area contributed by atoms with Crippen LogP contribution < -0.4 is 5.32 Å². The van der Waals surface area contributed by atoms with Crippen LogP contribution in [0.15, 0.2) is 36.8 Å². The Bertz CT molecular complexity index is 473. The van der Waals surface area contributed by atoms with E-state index in [0.29, 0.717) is 6.04 Å². The van der Waals surface area contributed by atoms with Crippen molar-refractivity contribution in [2.24, 2.45) is 0 Å². The molecule has 19 heavy (non-hydrogen) atoms. The predicted molar refractivity (Wildman–Crippen MR) is 76.1 cm³/mol. The number of hydrogen-bond donors (Lipinski definition) is 2. The van der Waals surface area contributed by atoms with Crippen LogP contribution in [0.3, 0.4) is 0 Å². The monoisotopic (exact) mass is 279 g/mol. The van der Waals surface area contributed by atoms with Gasteiger partial charge in [0.05, 0.1) is 0 Å². The van der Waals surface area contributed by atoms with Crippen molar-refractivity contribution in [2.75, 3.05) is 19.6 Å². The third kappa shape index (κ3) is 3.32. The molecule has 0 spiro atoms. The van der Waals surface area contributed by atoms with Crippen LogP contribution in [0.25, 0.3) is 0 Å². The van der Waals surface area contributed by atoms with E-state index in [2.05, 4.69) is 31.5 Å². The summed E-state index contributed by atoms with van der Waals surface area (Å²) < 4.78 is 0. The Morgan fingerprint density at radius 3 is 3.00 bits per heavy atom. The first-order valence-corrected chi connectivity index (χ1v) is 6.26. The molecule has 0 bridgehead atoms. The molecule has 1 atom stereocenters. The van der Waals surface area contributed by atoms with Crippen LogP contribution in [0.4, 0.5) is 0 Å². The smallest absolute Gasteiger partial charge is 0.0492 e. The van der Waals surface area contributed by atoms with Crippen LogP contribution in [0, 0.1) is 0 Å². The summed E-state index contributed by atoms with van der Waals surface area (Å²) in [5, 5.41) is 10.5. The molecule has 0 amide bonds. The topological polar surface area (TPSA) is 56.8 Å². The van der Waals surface area contributed by atoms with E-state index in [1.807, 2.05) is 24.5 Å². The van der Waals surface area contributed by atoms with E-state index in [4.69, 9.17) is 0 Å².